The van der Waals surface area contributed by atoms with Crippen LogP contribution in [0.3, 0.4) is 0 Å². The Morgan fingerprint density at radius 2 is 1.53 bits per heavy atom. The van der Waals surface area contributed by atoms with Crippen LogP contribution >= 0.6 is 0 Å². The van der Waals surface area contributed by atoms with E-state index in [1.165, 1.54) is 0 Å². The van der Waals surface area contributed by atoms with Gasteiger partial charge in [-0.15, -0.1) is 0 Å². The second-order valence-electron chi connectivity index (χ2n) is 7.48. The molecule has 6 heteroatoms. The maximum Gasteiger partial charge on any atom is 0.135 e. The molecule has 0 unspecified atom stereocenters. The fourth-order valence-electron chi connectivity index (χ4n) is 3.58. The molecule has 32 heavy (non-hydrogen) atoms. The topological polar surface area (TPSA) is 53.1 Å². The van der Waals surface area contributed by atoms with Gasteiger partial charge in [-0.1, -0.05) is 20.8 Å². The number of hydrogen-bond donors (Lipinski definition) is 0. The van der Waals surface area contributed by atoms with Gasteiger partial charge in [-0.05, 0) is 43.8 Å². The minimum atomic E-state index is 0.583. The van der Waals surface area contributed by atoms with E-state index in [1.54, 1.807) is 14.2 Å². The van der Waals surface area contributed by atoms with Gasteiger partial charge in [0.2, 0.25) is 0 Å². The van der Waals surface area contributed by atoms with E-state index >= 15 is 0 Å². The molecule has 0 bridgehead atoms. The van der Waals surface area contributed by atoms with Gasteiger partial charge in [-0.25, -0.2) is 4.98 Å². The van der Waals surface area contributed by atoms with Gasteiger partial charge in [0, 0.05) is 30.3 Å². The fourth-order valence-corrected chi connectivity index (χ4v) is 3.58. The van der Waals surface area contributed by atoms with Gasteiger partial charge in [0.05, 0.1) is 37.4 Å². The van der Waals surface area contributed by atoms with E-state index < -0.39 is 0 Å². The van der Waals surface area contributed by atoms with Crippen LogP contribution in [0.25, 0.3) is 22.2 Å². The van der Waals surface area contributed by atoms with E-state index in [2.05, 4.69) is 25.7 Å². The molecule has 0 saturated carbocycles. The molecule has 2 aromatic carbocycles. The molecule has 0 spiro atoms. The van der Waals surface area contributed by atoms with Crippen LogP contribution in [-0.4, -0.2) is 57.0 Å². The number of ether oxygens (including phenoxy) is 4. The molecular weight excluding hydrogens is 404 g/mol. The van der Waals surface area contributed by atoms with Crippen molar-refractivity contribution in [3.63, 3.8) is 0 Å². The van der Waals surface area contributed by atoms with Crippen molar-refractivity contribution in [2.75, 3.05) is 47.1 Å². The van der Waals surface area contributed by atoms with Crippen LogP contribution in [0.4, 0.5) is 0 Å². The zero-order valence-corrected chi connectivity index (χ0v) is 19.8. The normalized spacial score (nSPS) is 11.1. The molecule has 0 saturated heterocycles. The maximum atomic E-state index is 6.28. The number of aromatic nitrogens is 1. The Hall–Kier alpha value is -2.99. The Morgan fingerprint density at radius 1 is 0.781 bits per heavy atom. The molecule has 3 aromatic rings. The summed E-state index contributed by atoms with van der Waals surface area (Å²) in [5.74, 6) is 2.98. The van der Waals surface area contributed by atoms with Crippen LogP contribution in [0, 0.1) is 0 Å². The Morgan fingerprint density at radius 3 is 2.16 bits per heavy atom. The first-order chi connectivity index (χ1) is 15.6. The third-order valence-electron chi connectivity index (χ3n) is 5.45. The molecule has 3 rings (SSSR count). The highest BCUT2D eigenvalue weighted by atomic mass is 16.5. The first-order valence-electron chi connectivity index (χ1n) is 11.3. The smallest absolute Gasteiger partial charge is 0.135 e. The summed E-state index contributed by atoms with van der Waals surface area (Å²) in [6.45, 7) is 10.5. The summed E-state index contributed by atoms with van der Waals surface area (Å²) in [5.41, 5.74) is 2.58. The van der Waals surface area contributed by atoms with Gasteiger partial charge < -0.3 is 23.8 Å². The third kappa shape index (κ3) is 5.62. The lowest BCUT2D eigenvalue weighted by atomic mass is 10.1. The Labute approximate surface area is 191 Å². The molecule has 172 valence electrons. The van der Waals surface area contributed by atoms with Crippen LogP contribution < -0.4 is 18.9 Å². The summed E-state index contributed by atoms with van der Waals surface area (Å²) in [4.78, 5) is 7.23. The van der Waals surface area contributed by atoms with Crippen molar-refractivity contribution in [2.24, 2.45) is 0 Å². The average Bonchev–Trinajstić information content (AvgIpc) is 2.84. The van der Waals surface area contributed by atoms with E-state index in [1.807, 2.05) is 42.5 Å². The first kappa shape index (κ1) is 23.7. The predicted octanol–water partition coefficient (Wildman–Crippen LogP) is 5.43. The van der Waals surface area contributed by atoms with Crippen molar-refractivity contribution >= 4 is 10.9 Å². The lowest BCUT2D eigenvalue weighted by molar-refractivity contribution is 0.224. The molecule has 0 atom stereocenters. The Balaban J connectivity index is 2.01. The number of methoxy groups -OCH3 is 2. The number of nitrogens with zero attached hydrogens (tertiary/aromatic N) is 2. The molecule has 0 aliphatic heterocycles. The molecule has 1 heterocycles. The Bertz CT molecular complexity index is 1000. The van der Waals surface area contributed by atoms with Gasteiger partial charge in [-0.3, -0.25) is 0 Å². The monoisotopic (exact) mass is 438 g/mol. The number of rotatable bonds is 12. The van der Waals surface area contributed by atoms with Crippen molar-refractivity contribution in [2.45, 2.75) is 27.2 Å². The number of pyridine rings is 1. The summed E-state index contributed by atoms with van der Waals surface area (Å²) in [6.07, 6.45) is 0.978. The number of benzene rings is 2. The predicted molar refractivity (Wildman–Crippen MR) is 129 cm³/mol. The summed E-state index contributed by atoms with van der Waals surface area (Å²) < 4.78 is 23.1. The van der Waals surface area contributed by atoms with Gasteiger partial charge in [-0.2, -0.15) is 0 Å². The van der Waals surface area contributed by atoms with Crippen molar-refractivity contribution in [3.8, 4) is 34.3 Å². The van der Waals surface area contributed by atoms with Crippen LogP contribution in [0.5, 0.6) is 23.0 Å². The molecule has 0 radical (unpaired) electrons. The number of hydrogen-bond acceptors (Lipinski definition) is 6. The molecular formula is C26H34N2O4. The van der Waals surface area contributed by atoms with Gasteiger partial charge in [0.25, 0.3) is 0 Å². The highest BCUT2D eigenvalue weighted by Crippen LogP contribution is 2.39. The van der Waals surface area contributed by atoms with E-state index in [0.29, 0.717) is 24.7 Å². The van der Waals surface area contributed by atoms with Crippen LogP contribution in [0.1, 0.15) is 27.2 Å². The molecule has 0 amide bonds. The summed E-state index contributed by atoms with van der Waals surface area (Å²) in [6, 6.07) is 13.8. The van der Waals surface area contributed by atoms with Crippen molar-refractivity contribution in [1.82, 2.24) is 9.88 Å². The van der Waals surface area contributed by atoms with Gasteiger partial charge in [0.1, 0.15) is 29.6 Å². The lowest BCUT2D eigenvalue weighted by Gasteiger charge is -2.19. The average molecular weight is 439 g/mol. The van der Waals surface area contributed by atoms with Gasteiger partial charge in [0.15, 0.2) is 0 Å². The zero-order chi connectivity index (χ0) is 22.9. The highest BCUT2D eigenvalue weighted by Gasteiger charge is 2.16. The summed E-state index contributed by atoms with van der Waals surface area (Å²) in [7, 11) is 3.29. The molecule has 1 aromatic heterocycles. The first-order valence-corrected chi connectivity index (χ1v) is 11.3. The van der Waals surface area contributed by atoms with Crippen molar-refractivity contribution in [3.05, 3.63) is 42.5 Å². The van der Waals surface area contributed by atoms with Crippen LogP contribution in [0.2, 0.25) is 0 Å². The zero-order valence-electron chi connectivity index (χ0n) is 19.8. The van der Waals surface area contributed by atoms with Crippen LogP contribution in [-0.2, 0) is 0 Å². The van der Waals surface area contributed by atoms with E-state index in [9.17, 15) is 0 Å². The minimum Gasteiger partial charge on any atom is -0.497 e. The summed E-state index contributed by atoms with van der Waals surface area (Å²) in [5, 5.41) is 0.847. The standard InChI is InChI=1S/C26H34N2O4/c1-6-14-31-20-11-9-19(10-12-20)22-18-25(32-15-13-28(7-2)8-3)26-23(27-22)16-21(29-4)17-24(26)30-5/h9-12,16-18H,6-8,13-15H2,1-5H3. The highest BCUT2D eigenvalue weighted by molar-refractivity contribution is 5.94. The molecule has 0 fully saturated rings. The number of fused-ring (bicyclic) bond motifs is 1. The van der Waals surface area contributed by atoms with E-state index in [-0.39, 0.29) is 0 Å². The molecule has 0 N–H and O–H groups in total. The molecule has 0 aliphatic rings. The lowest BCUT2D eigenvalue weighted by Crippen LogP contribution is -2.27. The Kier molecular flexibility index (Phi) is 8.56. The van der Waals surface area contributed by atoms with Crippen molar-refractivity contribution < 1.29 is 18.9 Å². The van der Waals surface area contributed by atoms with Gasteiger partial charge >= 0.3 is 0 Å². The quantitative estimate of drug-likeness (QED) is 0.376. The SMILES string of the molecule is CCCOc1ccc(-c2cc(OCCN(CC)CC)c3c(OC)cc(OC)cc3n2)cc1. The summed E-state index contributed by atoms with van der Waals surface area (Å²) >= 11 is 0. The van der Waals surface area contributed by atoms with E-state index in [4.69, 9.17) is 23.9 Å². The maximum absolute atomic E-state index is 6.28. The third-order valence-corrected chi connectivity index (χ3v) is 5.45. The number of likely N-dealkylation sites (N-methyl/N-ethyl adjacent to an activating group) is 1. The molecule has 0 aliphatic carbocycles. The molecule has 6 nitrogen and oxygen atoms in total. The second kappa shape index (κ2) is 11.6. The van der Waals surface area contributed by atoms with E-state index in [0.717, 1.165) is 59.7 Å². The van der Waals surface area contributed by atoms with Crippen molar-refractivity contribution in [1.29, 1.82) is 0 Å². The van der Waals surface area contributed by atoms with Crippen LogP contribution in [0.15, 0.2) is 42.5 Å². The largest absolute Gasteiger partial charge is 0.497 e. The minimum absolute atomic E-state index is 0.583. The fraction of sp³-hybridized carbons (Fsp3) is 0.423. The second-order valence-corrected chi connectivity index (χ2v) is 7.48.